The Morgan fingerprint density at radius 1 is 1.38 bits per heavy atom. The number of Topliss-reactive ketones (excluding diaryl/α,β-unsaturated/α-hetero) is 1. The first-order chi connectivity index (χ1) is 7.75. The average molecular weight is 238 g/mol. The largest absolute Gasteiger partial charge is 0.299 e. The SMILES string of the molecule is O=C(Cc1cc(Cl)ccn1)C1CCCCC1. The van der Waals surface area contributed by atoms with Crippen molar-refractivity contribution >= 4 is 17.4 Å². The molecule has 0 aromatic carbocycles. The number of ketones is 1. The maximum atomic E-state index is 12.0. The second-order valence-corrected chi connectivity index (χ2v) is 4.88. The molecule has 0 saturated heterocycles. The zero-order chi connectivity index (χ0) is 11.4. The number of nitrogens with zero attached hydrogens (tertiary/aromatic N) is 1. The van der Waals surface area contributed by atoms with Crippen molar-refractivity contribution in [3.05, 3.63) is 29.0 Å². The van der Waals surface area contributed by atoms with E-state index in [4.69, 9.17) is 11.6 Å². The fourth-order valence-corrected chi connectivity index (χ4v) is 2.48. The summed E-state index contributed by atoms with van der Waals surface area (Å²) in [6.07, 6.45) is 7.87. The highest BCUT2D eigenvalue weighted by Crippen LogP contribution is 2.25. The van der Waals surface area contributed by atoms with Crippen LogP contribution in [0.5, 0.6) is 0 Å². The molecule has 0 radical (unpaired) electrons. The van der Waals surface area contributed by atoms with Gasteiger partial charge in [0.15, 0.2) is 0 Å². The highest BCUT2D eigenvalue weighted by Gasteiger charge is 2.21. The number of pyridine rings is 1. The molecular formula is C13H16ClNO. The third kappa shape index (κ3) is 3.05. The zero-order valence-corrected chi connectivity index (χ0v) is 10.0. The number of aromatic nitrogens is 1. The van der Waals surface area contributed by atoms with E-state index in [9.17, 15) is 4.79 Å². The Kier molecular flexibility index (Phi) is 3.94. The molecule has 0 unspecified atom stereocenters. The van der Waals surface area contributed by atoms with E-state index in [0.717, 1.165) is 18.5 Å². The second-order valence-electron chi connectivity index (χ2n) is 4.44. The molecule has 0 aliphatic heterocycles. The third-order valence-electron chi connectivity index (χ3n) is 3.19. The van der Waals surface area contributed by atoms with E-state index >= 15 is 0 Å². The molecule has 3 heteroatoms. The minimum Gasteiger partial charge on any atom is -0.299 e. The Morgan fingerprint density at radius 2 is 2.12 bits per heavy atom. The summed E-state index contributed by atoms with van der Waals surface area (Å²) in [5.74, 6) is 0.587. The Labute approximate surface area is 101 Å². The highest BCUT2D eigenvalue weighted by atomic mass is 35.5. The van der Waals surface area contributed by atoms with Crippen molar-refractivity contribution in [3.8, 4) is 0 Å². The maximum absolute atomic E-state index is 12.0. The Hall–Kier alpha value is -0.890. The van der Waals surface area contributed by atoms with Crippen LogP contribution in [0, 0.1) is 5.92 Å². The number of halogens is 1. The first kappa shape index (κ1) is 11.6. The molecule has 1 fully saturated rings. The van der Waals surface area contributed by atoms with E-state index in [0.29, 0.717) is 17.2 Å². The summed E-state index contributed by atoms with van der Waals surface area (Å²) < 4.78 is 0. The first-order valence-corrected chi connectivity index (χ1v) is 6.26. The lowest BCUT2D eigenvalue weighted by Crippen LogP contribution is -2.19. The molecular weight excluding hydrogens is 222 g/mol. The number of rotatable bonds is 3. The van der Waals surface area contributed by atoms with Crippen LogP contribution in [0.3, 0.4) is 0 Å². The van der Waals surface area contributed by atoms with Crippen molar-refractivity contribution in [2.75, 3.05) is 0 Å². The summed E-state index contributed by atoms with van der Waals surface area (Å²) in [5.41, 5.74) is 0.795. The van der Waals surface area contributed by atoms with E-state index in [-0.39, 0.29) is 5.92 Å². The Bertz CT molecular complexity index is 372. The molecule has 2 nitrogen and oxygen atoms in total. The number of carbonyl (C=O) groups is 1. The fourth-order valence-electron chi connectivity index (χ4n) is 2.29. The summed E-state index contributed by atoms with van der Waals surface area (Å²) in [7, 11) is 0. The van der Waals surface area contributed by atoms with E-state index in [1.54, 1.807) is 18.3 Å². The van der Waals surface area contributed by atoms with Crippen molar-refractivity contribution in [1.82, 2.24) is 4.98 Å². The summed E-state index contributed by atoms with van der Waals surface area (Å²) in [5, 5.41) is 0.654. The van der Waals surface area contributed by atoms with Gasteiger partial charge in [0.25, 0.3) is 0 Å². The predicted octanol–water partition coefficient (Wildman–Crippen LogP) is 3.43. The van der Waals surface area contributed by atoms with Gasteiger partial charge in [-0.25, -0.2) is 0 Å². The molecule has 2 rings (SSSR count). The molecule has 1 heterocycles. The van der Waals surface area contributed by atoms with E-state index in [1.807, 2.05) is 0 Å². The standard InChI is InChI=1S/C13H16ClNO/c14-11-6-7-15-12(8-11)9-13(16)10-4-2-1-3-5-10/h6-8,10H,1-5,9H2. The van der Waals surface area contributed by atoms with Crippen LogP contribution < -0.4 is 0 Å². The molecule has 86 valence electrons. The summed E-state index contributed by atoms with van der Waals surface area (Å²) in [6.45, 7) is 0. The Balaban J connectivity index is 1.96. The second kappa shape index (κ2) is 5.44. The molecule has 1 saturated carbocycles. The van der Waals surface area contributed by atoms with E-state index in [1.165, 1.54) is 19.3 Å². The quantitative estimate of drug-likeness (QED) is 0.806. The summed E-state index contributed by atoms with van der Waals surface area (Å²) in [4.78, 5) is 16.2. The van der Waals surface area contributed by atoms with Crippen LogP contribution in [-0.4, -0.2) is 10.8 Å². The van der Waals surface area contributed by atoms with Crippen LogP contribution in [0.25, 0.3) is 0 Å². The summed E-state index contributed by atoms with van der Waals surface area (Å²) >= 11 is 5.86. The van der Waals surface area contributed by atoms with Gasteiger partial charge in [-0.2, -0.15) is 0 Å². The van der Waals surface area contributed by atoms with Crippen molar-refractivity contribution in [1.29, 1.82) is 0 Å². The van der Waals surface area contributed by atoms with Gasteiger partial charge < -0.3 is 0 Å². The molecule has 0 N–H and O–H groups in total. The fraction of sp³-hybridized carbons (Fsp3) is 0.538. The predicted molar refractivity (Wildman–Crippen MR) is 64.5 cm³/mol. The van der Waals surface area contributed by atoms with Gasteiger partial charge in [-0.15, -0.1) is 0 Å². The van der Waals surface area contributed by atoms with Crippen LogP contribution in [0.4, 0.5) is 0 Å². The Morgan fingerprint density at radius 3 is 2.81 bits per heavy atom. The smallest absolute Gasteiger partial charge is 0.141 e. The summed E-state index contributed by atoms with van der Waals surface area (Å²) in [6, 6.07) is 3.51. The monoisotopic (exact) mass is 237 g/mol. The van der Waals surface area contributed by atoms with Gasteiger partial charge in [-0.1, -0.05) is 30.9 Å². The molecule has 0 spiro atoms. The third-order valence-corrected chi connectivity index (χ3v) is 3.43. The minimum atomic E-state index is 0.259. The van der Waals surface area contributed by atoms with Gasteiger partial charge in [0.2, 0.25) is 0 Å². The molecule has 0 amide bonds. The lowest BCUT2D eigenvalue weighted by Gasteiger charge is -2.19. The van der Waals surface area contributed by atoms with Gasteiger partial charge >= 0.3 is 0 Å². The van der Waals surface area contributed by atoms with Crippen LogP contribution in [0.1, 0.15) is 37.8 Å². The molecule has 1 aromatic heterocycles. The van der Waals surface area contributed by atoms with Gasteiger partial charge in [0.1, 0.15) is 5.78 Å². The van der Waals surface area contributed by atoms with Crippen LogP contribution in [-0.2, 0) is 11.2 Å². The lowest BCUT2D eigenvalue weighted by atomic mass is 9.85. The van der Waals surface area contributed by atoms with Gasteiger partial charge in [-0.05, 0) is 25.0 Å². The van der Waals surface area contributed by atoms with Crippen LogP contribution in [0.15, 0.2) is 18.3 Å². The van der Waals surface area contributed by atoms with Crippen molar-refractivity contribution in [3.63, 3.8) is 0 Å². The molecule has 16 heavy (non-hydrogen) atoms. The number of hydrogen-bond acceptors (Lipinski definition) is 2. The molecule has 0 bridgehead atoms. The molecule has 1 aromatic rings. The normalized spacial score (nSPS) is 17.3. The topological polar surface area (TPSA) is 30.0 Å². The highest BCUT2D eigenvalue weighted by molar-refractivity contribution is 6.30. The molecule has 0 atom stereocenters. The van der Waals surface area contributed by atoms with Gasteiger partial charge in [0.05, 0.1) is 0 Å². The first-order valence-electron chi connectivity index (χ1n) is 5.89. The van der Waals surface area contributed by atoms with Gasteiger partial charge in [-0.3, -0.25) is 9.78 Å². The average Bonchev–Trinajstić information content (AvgIpc) is 2.30. The van der Waals surface area contributed by atoms with E-state index in [2.05, 4.69) is 4.98 Å². The van der Waals surface area contributed by atoms with Crippen LogP contribution >= 0.6 is 11.6 Å². The lowest BCUT2D eigenvalue weighted by molar-refractivity contribution is -0.123. The maximum Gasteiger partial charge on any atom is 0.141 e. The zero-order valence-electron chi connectivity index (χ0n) is 9.29. The van der Waals surface area contributed by atoms with Crippen LogP contribution in [0.2, 0.25) is 5.02 Å². The van der Waals surface area contributed by atoms with Crippen molar-refractivity contribution < 1.29 is 4.79 Å². The van der Waals surface area contributed by atoms with Crippen molar-refractivity contribution in [2.24, 2.45) is 5.92 Å². The van der Waals surface area contributed by atoms with E-state index < -0.39 is 0 Å². The van der Waals surface area contributed by atoms with Gasteiger partial charge in [0, 0.05) is 29.3 Å². The minimum absolute atomic E-state index is 0.259. The molecule has 1 aliphatic carbocycles. The number of hydrogen-bond donors (Lipinski definition) is 0. The molecule has 1 aliphatic rings. The van der Waals surface area contributed by atoms with Crippen molar-refractivity contribution in [2.45, 2.75) is 38.5 Å². The number of carbonyl (C=O) groups excluding carboxylic acids is 1.